The summed E-state index contributed by atoms with van der Waals surface area (Å²) in [5, 5.41) is 0. The Morgan fingerprint density at radius 3 is 2.50 bits per heavy atom. The second kappa shape index (κ2) is 5.13. The van der Waals surface area contributed by atoms with E-state index in [1.807, 2.05) is 0 Å². The number of ether oxygens (including phenoxy) is 1. The average Bonchev–Trinajstić information content (AvgIpc) is 2.83. The maximum atomic E-state index is 14.4. The minimum atomic E-state index is -0.555. The van der Waals surface area contributed by atoms with Crippen molar-refractivity contribution in [2.24, 2.45) is 5.73 Å². The lowest BCUT2D eigenvalue weighted by molar-refractivity contribution is 0.343. The summed E-state index contributed by atoms with van der Waals surface area (Å²) >= 11 is 3.05. The van der Waals surface area contributed by atoms with Gasteiger partial charge in [-0.2, -0.15) is 0 Å². The smallest absolute Gasteiger partial charge is 0.166 e. The van der Waals surface area contributed by atoms with E-state index in [4.69, 9.17) is 10.5 Å². The highest BCUT2D eigenvalue weighted by atomic mass is 79.9. The molecule has 0 radical (unpaired) electrons. The molecule has 1 aromatic rings. The van der Waals surface area contributed by atoms with Gasteiger partial charge in [0.2, 0.25) is 0 Å². The van der Waals surface area contributed by atoms with E-state index in [1.165, 1.54) is 7.11 Å². The van der Waals surface area contributed by atoms with E-state index in [1.54, 1.807) is 0 Å². The van der Waals surface area contributed by atoms with E-state index >= 15 is 0 Å². The summed E-state index contributed by atoms with van der Waals surface area (Å²) in [6.45, 7) is 0.302. The zero-order chi connectivity index (χ0) is 13.3. The Morgan fingerprint density at radius 1 is 1.39 bits per heavy atom. The number of nitrogens with two attached hydrogens (primary N) is 1. The molecule has 1 aliphatic rings. The maximum Gasteiger partial charge on any atom is 0.166 e. The van der Waals surface area contributed by atoms with Crippen LogP contribution in [0.1, 0.15) is 31.2 Å². The quantitative estimate of drug-likeness (QED) is 0.865. The van der Waals surface area contributed by atoms with Crippen LogP contribution < -0.4 is 10.5 Å². The molecule has 0 atom stereocenters. The molecule has 0 spiro atoms. The van der Waals surface area contributed by atoms with Crippen LogP contribution in [0.2, 0.25) is 0 Å². The van der Waals surface area contributed by atoms with Crippen LogP contribution in [0, 0.1) is 11.6 Å². The van der Waals surface area contributed by atoms with Crippen LogP contribution >= 0.6 is 15.9 Å². The van der Waals surface area contributed by atoms with Crippen molar-refractivity contribution in [2.75, 3.05) is 13.7 Å². The number of hydrogen-bond acceptors (Lipinski definition) is 2. The first kappa shape index (κ1) is 13.7. The van der Waals surface area contributed by atoms with E-state index in [0.29, 0.717) is 6.54 Å². The van der Waals surface area contributed by atoms with Crippen LogP contribution in [0.5, 0.6) is 5.75 Å². The monoisotopic (exact) mass is 319 g/mol. The van der Waals surface area contributed by atoms with Crippen molar-refractivity contribution in [3.05, 3.63) is 27.7 Å². The topological polar surface area (TPSA) is 35.2 Å². The Morgan fingerprint density at radius 2 is 2.00 bits per heavy atom. The lowest BCUT2D eigenvalue weighted by Gasteiger charge is -2.30. The molecule has 0 unspecified atom stereocenters. The largest absolute Gasteiger partial charge is 0.493 e. The van der Waals surface area contributed by atoms with Crippen LogP contribution in [0.25, 0.3) is 0 Å². The molecule has 5 heteroatoms. The first-order valence-corrected chi connectivity index (χ1v) is 6.77. The van der Waals surface area contributed by atoms with Gasteiger partial charge in [0.15, 0.2) is 11.6 Å². The predicted octanol–water partition coefficient (Wildman–Crippen LogP) is 3.51. The lowest BCUT2D eigenvalue weighted by Crippen LogP contribution is -2.34. The Balaban J connectivity index is 2.67. The molecule has 100 valence electrons. The molecule has 0 heterocycles. The molecule has 1 aromatic carbocycles. The Labute approximate surface area is 114 Å². The molecule has 2 N–H and O–H groups in total. The summed E-state index contributed by atoms with van der Waals surface area (Å²) in [6.07, 6.45) is 3.50. The van der Waals surface area contributed by atoms with Crippen molar-refractivity contribution < 1.29 is 13.5 Å². The minimum Gasteiger partial charge on any atom is -0.493 e. The molecule has 2 nitrogen and oxygen atoms in total. The van der Waals surface area contributed by atoms with Crippen molar-refractivity contribution in [1.82, 2.24) is 0 Å². The zero-order valence-electron chi connectivity index (χ0n) is 10.2. The van der Waals surface area contributed by atoms with Gasteiger partial charge in [0.05, 0.1) is 11.6 Å². The minimum absolute atomic E-state index is 0.0111. The van der Waals surface area contributed by atoms with E-state index in [-0.39, 0.29) is 15.8 Å². The maximum absolute atomic E-state index is 14.4. The van der Waals surface area contributed by atoms with Gasteiger partial charge in [-0.25, -0.2) is 8.78 Å². The summed E-state index contributed by atoms with van der Waals surface area (Å²) in [5.74, 6) is -1.02. The third kappa shape index (κ3) is 2.03. The predicted molar refractivity (Wildman–Crippen MR) is 69.8 cm³/mol. The number of benzene rings is 1. The Kier molecular flexibility index (Phi) is 3.92. The molecule has 1 saturated carbocycles. The standard InChI is InChI=1S/C13H16BrF2NO/c1-18-12-9(15)6-8(14)11(16)10(12)13(7-17)4-2-3-5-13/h6H,2-5,7,17H2,1H3. The van der Waals surface area contributed by atoms with Crippen LogP contribution in [-0.2, 0) is 5.41 Å². The first-order valence-electron chi connectivity index (χ1n) is 5.98. The number of rotatable bonds is 3. The molecule has 1 fully saturated rings. The summed E-state index contributed by atoms with van der Waals surface area (Å²) in [5.41, 5.74) is 5.62. The molecule has 0 saturated heterocycles. The van der Waals surface area contributed by atoms with Crippen LogP contribution in [0.4, 0.5) is 8.78 Å². The Hall–Kier alpha value is -0.680. The lowest BCUT2D eigenvalue weighted by atomic mass is 9.78. The van der Waals surface area contributed by atoms with Crippen molar-refractivity contribution in [3.63, 3.8) is 0 Å². The summed E-state index contributed by atoms with van der Waals surface area (Å²) in [4.78, 5) is 0. The second-order valence-corrected chi connectivity index (χ2v) is 5.61. The molecule has 0 aliphatic heterocycles. The van der Waals surface area contributed by atoms with Gasteiger partial charge in [-0.3, -0.25) is 0 Å². The highest BCUT2D eigenvalue weighted by molar-refractivity contribution is 9.10. The van der Waals surface area contributed by atoms with E-state index < -0.39 is 17.0 Å². The number of methoxy groups -OCH3 is 1. The fraction of sp³-hybridized carbons (Fsp3) is 0.538. The van der Waals surface area contributed by atoms with Crippen molar-refractivity contribution in [1.29, 1.82) is 0 Å². The Bertz CT molecular complexity index is 459. The van der Waals surface area contributed by atoms with Crippen LogP contribution in [-0.4, -0.2) is 13.7 Å². The van der Waals surface area contributed by atoms with Crippen molar-refractivity contribution >= 4 is 15.9 Å². The third-order valence-corrected chi connectivity index (χ3v) is 4.39. The van der Waals surface area contributed by atoms with Gasteiger partial charge in [0, 0.05) is 17.5 Å². The van der Waals surface area contributed by atoms with E-state index in [0.717, 1.165) is 31.7 Å². The van der Waals surface area contributed by atoms with Gasteiger partial charge in [0.25, 0.3) is 0 Å². The zero-order valence-corrected chi connectivity index (χ0v) is 11.8. The second-order valence-electron chi connectivity index (χ2n) is 4.75. The van der Waals surface area contributed by atoms with Gasteiger partial charge in [-0.05, 0) is 34.8 Å². The van der Waals surface area contributed by atoms with Crippen molar-refractivity contribution in [2.45, 2.75) is 31.1 Å². The highest BCUT2D eigenvalue weighted by Crippen LogP contribution is 2.47. The summed E-state index contributed by atoms with van der Waals surface area (Å²) < 4.78 is 33.4. The van der Waals surface area contributed by atoms with Gasteiger partial charge >= 0.3 is 0 Å². The molecular weight excluding hydrogens is 304 g/mol. The molecular formula is C13H16BrF2NO. The number of hydrogen-bond donors (Lipinski definition) is 1. The van der Waals surface area contributed by atoms with Crippen LogP contribution in [0.3, 0.4) is 0 Å². The normalized spacial score (nSPS) is 18.1. The molecule has 18 heavy (non-hydrogen) atoms. The molecule has 1 aliphatic carbocycles. The fourth-order valence-corrected chi connectivity index (χ4v) is 3.26. The number of halogens is 3. The molecule has 0 bridgehead atoms. The summed E-state index contributed by atoms with van der Waals surface area (Å²) in [7, 11) is 1.36. The van der Waals surface area contributed by atoms with Gasteiger partial charge in [0.1, 0.15) is 5.82 Å². The van der Waals surface area contributed by atoms with Gasteiger partial charge < -0.3 is 10.5 Å². The first-order chi connectivity index (χ1) is 8.55. The summed E-state index contributed by atoms with van der Waals surface area (Å²) in [6, 6.07) is 1.09. The van der Waals surface area contributed by atoms with Crippen LogP contribution in [0.15, 0.2) is 10.5 Å². The molecule has 0 amide bonds. The fourth-order valence-electron chi connectivity index (χ4n) is 2.86. The highest BCUT2D eigenvalue weighted by Gasteiger charge is 2.40. The molecule has 0 aromatic heterocycles. The van der Waals surface area contributed by atoms with Crippen molar-refractivity contribution in [3.8, 4) is 5.75 Å². The van der Waals surface area contributed by atoms with E-state index in [9.17, 15) is 8.78 Å². The van der Waals surface area contributed by atoms with E-state index in [2.05, 4.69) is 15.9 Å². The van der Waals surface area contributed by atoms with Gasteiger partial charge in [-0.1, -0.05) is 12.8 Å². The average molecular weight is 320 g/mol. The van der Waals surface area contributed by atoms with Gasteiger partial charge in [-0.15, -0.1) is 0 Å². The SMILES string of the molecule is COc1c(F)cc(Br)c(F)c1C1(CN)CCCC1. The third-order valence-electron chi connectivity index (χ3n) is 3.81. The molecule has 2 rings (SSSR count).